The summed E-state index contributed by atoms with van der Waals surface area (Å²) in [6.07, 6.45) is 5.35. The molecule has 2 bridgehead atoms. The van der Waals surface area contributed by atoms with Gasteiger partial charge in [0.1, 0.15) is 0 Å². The van der Waals surface area contributed by atoms with Crippen LogP contribution in [0.2, 0.25) is 0 Å². The van der Waals surface area contributed by atoms with Crippen LogP contribution in [-0.4, -0.2) is 43.3 Å². The Morgan fingerprint density at radius 3 is 2.44 bits per heavy atom. The van der Waals surface area contributed by atoms with E-state index in [1.165, 1.54) is 12.8 Å². The monoisotopic (exact) mass is 372 g/mol. The van der Waals surface area contributed by atoms with E-state index in [1.807, 2.05) is 13.1 Å². The van der Waals surface area contributed by atoms with E-state index in [2.05, 4.69) is 22.5 Å². The van der Waals surface area contributed by atoms with Gasteiger partial charge >= 0.3 is 0 Å². The standard InChI is InChI=1S/C21H32N4O2/c1-12-3-5-15(6-4-12)24-21(27)16-8-17(22)18(23-2)9-19(16)25-10-13-7-14(11-25)20(13)26/h8-9,12-15,20,23,26H,3-7,10-11,22H2,1-2H3,(H,24,27)/t12?,13-,14+,15?,20?. The summed E-state index contributed by atoms with van der Waals surface area (Å²) in [4.78, 5) is 15.4. The molecule has 27 heavy (non-hydrogen) atoms. The summed E-state index contributed by atoms with van der Waals surface area (Å²) in [5.74, 6) is 1.36. The number of amides is 1. The number of anilines is 3. The number of nitrogen functional groups attached to an aromatic ring is 1. The van der Waals surface area contributed by atoms with Crippen LogP contribution >= 0.6 is 0 Å². The minimum absolute atomic E-state index is 0.0290. The summed E-state index contributed by atoms with van der Waals surface area (Å²) < 4.78 is 0. The molecule has 1 aromatic rings. The zero-order valence-electron chi connectivity index (χ0n) is 16.4. The first-order chi connectivity index (χ1) is 13.0. The van der Waals surface area contributed by atoms with Crippen LogP contribution in [0, 0.1) is 17.8 Å². The van der Waals surface area contributed by atoms with Crippen LogP contribution in [0.25, 0.3) is 0 Å². The van der Waals surface area contributed by atoms with Gasteiger partial charge < -0.3 is 26.4 Å². The SMILES string of the molecule is CNc1cc(N2C[C@H]3C[C@@H](C2)C3O)c(C(=O)NC2CCC(C)CC2)cc1N. The molecule has 2 saturated heterocycles. The van der Waals surface area contributed by atoms with E-state index in [0.717, 1.165) is 49.6 Å². The Kier molecular flexibility index (Phi) is 4.93. The van der Waals surface area contributed by atoms with E-state index in [0.29, 0.717) is 23.1 Å². The Hall–Kier alpha value is -1.95. The maximum absolute atomic E-state index is 13.1. The van der Waals surface area contributed by atoms with E-state index >= 15 is 0 Å². The normalized spacial score (nSPS) is 32.6. The van der Waals surface area contributed by atoms with E-state index in [1.54, 1.807) is 6.07 Å². The van der Waals surface area contributed by atoms with Crippen LogP contribution in [-0.2, 0) is 0 Å². The first-order valence-corrected chi connectivity index (χ1v) is 10.3. The molecule has 4 aliphatic rings. The number of rotatable bonds is 4. The third-order valence-electron chi connectivity index (χ3n) is 6.85. The number of carbonyl (C=O) groups excluding carboxylic acids is 1. The smallest absolute Gasteiger partial charge is 0.253 e. The highest BCUT2D eigenvalue weighted by molar-refractivity contribution is 6.02. The van der Waals surface area contributed by atoms with Gasteiger partial charge in [0.2, 0.25) is 0 Å². The zero-order valence-corrected chi connectivity index (χ0v) is 16.4. The largest absolute Gasteiger partial charge is 0.397 e. The fourth-order valence-electron chi connectivity index (χ4n) is 4.99. The van der Waals surface area contributed by atoms with Crippen molar-refractivity contribution in [2.45, 2.75) is 51.2 Å². The van der Waals surface area contributed by atoms with Crippen LogP contribution < -0.4 is 21.3 Å². The number of hydrogen-bond acceptors (Lipinski definition) is 5. The number of hydrogen-bond donors (Lipinski definition) is 4. The molecule has 0 spiro atoms. The molecule has 5 N–H and O–H groups in total. The summed E-state index contributed by atoms with van der Waals surface area (Å²) in [6.45, 7) is 3.88. The molecule has 3 atom stereocenters. The van der Waals surface area contributed by atoms with Gasteiger partial charge in [0.05, 0.1) is 28.7 Å². The molecule has 1 aromatic carbocycles. The summed E-state index contributed by atoms with van der Waals surface area (Å²) in [5.41, 5.74) is 9.19. The number of piperidine rings is 2. The van der Waals surface area contributed by atoms with Crippen LogP contribution in [0.15, 0.2) is 12.1 Å². The number of carbonyl (C=O) groups is 1. The van der Waals surface area contributed by atoms with Gasteiger partial charge in [-0.2, -0.15) is 0 Å². The first kappa shape index (κ1) is 18.4. The van der Waals surface area contributed by atoms with Crippen LogP contribution in [0.3, 0.4) is 0 Å². The predicted octanol–water partition coefficient (Wildman–Crippen LogP) is 2.44. The second kappa shape index (κ2) is 7.23. The Bertz CT molecular complexity index is 702. The van der Waals surface area contributed by atoms with Crippen molar-refractivity contribution in [2.24, 2.45) is 17.8 Å². The van der Waals surface area contributed by atoms with Gasteiger partial charge in [0.25, 0.3) is 5.91 Å². The third-order valence-corrected chi connectivity index (χ3v) is 6.85. The lowest BCUT2D eigenvalue weighted by atomic mass is 9.68. The van der Waals surface area contributed by atoms with Crippen LogP contribution in [0.1, 0.15) is 49.4 Å². The second-order valence-corrected chi connectivity index (χ2v) is 8.79. The molecule has 2 saturated carbocycles. The van der Waals surface area contributed by atoms with Crippen molar-refractivity contribution >= 4 is 23.0 Å². The van der Waals surface area contributed by atoms with Crippen molar-refractivity contribution in [3.05, 3.63) is 17.7 Å². The van der Waals surface area contributed by atoms with Gasteiger partial charge in [-0.05, 0) is 50.2 Å². The highest BCUT2D eigenvalue weighted by atomic mass is 16.3. The highest BCUT2D eigenvalue weighted by Crippen LogP contribution is 2.43. The Balaban J connectivity index is 1.57. The molecule has 148 valence electrons. The zero-order chi connectivity index (χ0) is 19.1. The summed E-state index contributed by atoms with van der Waals surface area (Å²) in [7, 11) is 1.84. The van der Waals surface area contributed by atoms with Crippen molar-refractivity contribution < 1.29 is 9.90 Å². The average Bonchev–Trinajstić information content (AvgIpc) is 2.69. The number of fused-ring (bicyclic) bond motifs is 2. The fraction of sp³-hybridized carbons (Fsp3) is 0.667. The minimum Gasteiger partial charge on any atom is -0.397 e. The Morgan fingerprint density at radius 2 is 1.85 bits per heavy atom. The Labute approximate surface area is 161 Å². The molecular weight excluding hydrogens is 340 g/mol. The van der Waals surface area contributed by atoms with Gasteiger partial charge in [-0.25, -0.2) is 0 Å². The molecule has 0 aromatic heterocycles. The molecule has 6 nitrogen and oxygen atoms in total. The molecular formula is C21H32N4O2. The minimum atomic E-state index is -0.180. The fourth-order valence-corrected chi connectivity index (χ4v) is 4.99. The lowest BCUT2D eigenvalue weighted by molar-refractivity contribution is -0.0531. The van der Waals surface area contributed by atoms with Crippen LogP contribution in [0.5, 0.6) is 0 Å². The van der Waals surface area contributed by atoms with Gasteiger partial charge in [-0.1, -0.05) is 6.92 Å². The lowest BCUT2D eigenvalue weighted by Crippen LogP contribution is -2.58. The van der Waals surface area contributed by atoms with E-state index in [4.69, 9.17) is 5.73 Å². The molecule has 2 aliphatic heterocycles. The van der Waals surface area contributed by atoms with Gasteiger partial charge in [-0.15, -0.1) is 0 Å². The topological polar surface area (TPSA) is 90.6 Å². The van der Waals surface area contributed by atoms with Gasteiger partial charge in [-0.3, -0.25) is 4.79 Å². The van der Waals surface area contributed by atoms with Crippen molar-refractivity contribution in [2.75, 3.05) is 36.1 Å². The van der Waals surface area contributed by atoms with Gasteiger partial charge in [0.15, 0.2) is 0 Å². The molecule has 0 radical (unpaired) electrons. The molecule has 4 fully saturated rings. The van der Waals surface area contributed by atoms with E-state index < -0.39 is 0 Å². The van der Waals surface area contributed by atoms with Crippen molar-refractivity contribution in [1.82, 2.24) is 5.32 Å². The number of nitrogens with two attached hydrogens (primary N) is 1. The maximum Gasteiger partial charge on any atom is 0.253 e. The highest BCUT2D eigenvalue weighted by Gasteiger charge is 2.46. The molecule has 2 aliphatic carbocycles. The molecule has 1 amide bonds. The second-order valence-electron chi connectivity index (χ2n) is 8.79. The average molecular weight is 373 g/mol. The van der Waals surface area contributed by atoms with Crippen LogP contribution in [0.4, 0.5) is 17.1 Å². The summed E-state index contributed by atoms with van der Waals surface area (Å²) in [5, 5.41) is 16.5. The molecule has 2 heterocycles. The van der Waals surface area contributed by atoms with E-state index in [-0.39, 0.29) is 18.1 Å². The number of aliphatic hydroxyl groups excluding tert-OH is 1. The van der Waals surface area contributed by atoms with Crippen molar-refractivity contribution in [3.8, 4) is 0 Å². The lowest BCUT2D eigenvalue weighted by Gasteiger charge is -2.52. The number of aliphatic hydroxyl groups is 1. The van der Waals surface area contributed by atoms with Crippen molar-refractivity contribution in [3.63, 3.8) is 0 Å². The maximum atomic E-state index is 13.1. The number of nitrogens with zero attached hydrogens (tertiary/aromatic N) is 1. The first-order valence-electron chi connectivity index (χ1n) is 10.3. The summed E-state index contributed by atoms with van der Waals surface area (Å²) >= 11 is 0. The van der Waals surface area contributed by atoms with E-state index in [9.17, 15) is 9.90 Å². The summed E-state index contributed by atoms with van der Waals surface area (Å²) in [6, 6.07) is 4.05. The number of nitrogens with one attached hydrogen (secondary N) is 2. The van der Waals surface area contributed by atoms with Crippen molar-refractivity contribution in [1.29, 1.82) is 0 Å². The number of benzene rings is 1. The molecule has 5 rings (SSSR count). The molecule has 6 heteroatoms. The Morgan fingerprint density at radius 1 is 1.19 bits per heavy atom. The third kappa shape index (κ3) is 3.47. The van der Waals surface area contributed by atoms with Gasteiger partial charge in [0, 0.05) is 38.0 Å². The predicted molar refractivity (Wildman–Crippen MR) is 109 cm³/mol. The quantitative estimate of drug-likeness (QED) is 0.610. The molecule has 1 unspecified atom stereocenters.